The van der Waals surface area contributed by atoms with E-state index < -0.39 is 11.8 Å². The standard InChI is InChI=1S/C19H15N3O/c20-19(23)18(17-5-1-2-9-21-17)13-7-8-16-14(11-13)10-12-4-3-6-15(12)22-16/h1-5,7-11,18H,6H2,(H2,20,23). The van der Waals surface area contributed by atoms with E-state index in [2.05, 4.69) is 28.2 Å². The monoisotopic (exact) mass is 301 g/mol. The molecule has 4 rings (SSSR count). The third kappa shape index (κ3) is 2.38. The number of nitrogens with zero attached hydrogens (tertiary/aromatic N) is 2. The summed E-state index contributed by atoms with van der Waals surface area (Å²) in [5, 5.41) is 1.01. The Morgan fingerprint density at radius 1 is 1.17 bits per heavy atom. The fourth-order valence-electron chi connectivity index (χ4n) is 3.06. The number of pyridine rings is 2. The molecule has 112 valence electrons. The lowest BCUT2D eigenvalue weighted by Gasteiger charge is -2.14. The van der Waals surface area contributed by atoms with E-state index >= 15 is 0 Å². The maximum absolute atomic E-state index is 12.0. The molecule has 2 aromatic heterocycles. The van der Waals surface area contributed by atoms with Crippen molar-refractivity contribution >= 4 is 22.9 Å². The Labute approximate surface area is 133 Å². The Kier molecular flexibility index (Phi) is 3.15. The summed E-state index contributed by atoms with van der Waals surface area (Å²) in [5.74, 6) is -0.957. The first-order valence-corrected chi connectivity index (χ1v) is 7.53. The van der Waals surface area contributed by atoms with Crippen molar-refractivity contribution in [2.24, 2.45) is 5.73 Å². The molecule has 2 N–H and O–H groups in total. The van der Waals surface area contributed by atoms with Crippen LogP contribution in [-0.2, 0) is 11.2 Å². The zero-order chi connectivity index (χ0) is 15.8. The Morgan fingerprint density at radius 2 is 2.09 bits per heavy atom. The molecule has 2 heterocycles. The average Bonchev–Trinajstić information content (AvgIpc) is 3.00. The number of hydrogen-bond acceptors (Lipinski definition) is 3. The summed E-state index contributed by atoms with van der Waals surface area (Å²) in [5.41, 5.74) is 10.3. The van der Waals surface area contributed by atoms with E-state index in [0.29, 0.717) is 5.69 Å². The number of allylic oxidation sites excluding steroid dienone is 1. The van der Waals surface area contributed by atoms with Crippen molar-refractivity contribution in [3.05, 3.63) is 77.3 Å². The molecular weight excluding hydrogens is 286 g/mol. The maximum atomic E-state index is 12.0. The van der Waals surface area contributed by atoms with E-state index in [1.54, 1.807) is 6.20 Å². The largest absolute Gasteiger partial charge is 0.369 e. The molecule has 0 spiro atoms. The van der Waals surface area contributed by atoms with Crippen LogP contribution in [0.5, 0.6) is 0 Å². The van der Waals surface area contributed by atoms with Crippen molar-refractivity contribution in [3.63, 3.8) is 0 Å². The summed E-state index contributed by atoms with van der Waals surface area (Å²) in [7, 11) is 0. The van der Waals surface area contributed by atoms with Gasteiger partial charge in [-0.1, -0.05) is 24.3 Å². The molecule has 0 saturated heterocycles. The van der Waals surface area contributed by atoms with Gasteiger partial charge in [0.2, 0.25) is 5.91 Å². The molecule has 0 bridgehead atoms. The van der Waals surface area contributed by atoms with Gasteiger partial charge < -0.3 is 5.73 Å². The topological polar surface area (TPSA) is 68.9 Å². The van der Waals surface area contributed by atoms with Gasteiger partial charge in [0.25, 0.3) is 0 Å². The third-order valence-corrected chi connectivity index (χ3v) is 4.16. The summed E-state index contributed by atoms with van der Waals surface area (Å²) in [6.45, 7) is 0. The van der Waals surface area contributed by atoms with Crippen LogP contribution in [0.15, 0.2) is 54.7 Å². The molecule has 0 aliphatic heterocycles. The lowest BCUT2D eigenvalue weighted by Crippen LogP contribution is -2.23. The Balaban J connectivity index is 1.85. The van der Waals surface area contributed by atoms with Crippen molar-refractivity contribution in [2.45, 2.75) is 12.3 Å². The molecule has 4 heteroatoms. The van der Waals surface area contributed by atoms with Crippen LogP contribution >= 0.6 is 0 Å². The quantitative estimate of drug-likeness (QED) is 0.808. The molecule has 1 amide bonds. The number of carbonyl (C=O) groups is 1. The Bertz CT molecular complexity index is 932. The fourth-order valence-corrected chi connectivity index (χ4v) is 3.06. The molecule has 0 saturated carbocycles. The summed E-state index contributed by atoms with van der Waals surface area (Å²) in [6.07, 6.45) is 6.74. The second kappa shape index (κ2) is 5.32. The highest BCUT2D eigenvalue weighted by Crippen LogP contribution is 2.28. The van der Waals surface area contributed by atoms with Crippen LogP contribution in [0, 0.1) is 0 Å². The van der Waals surface area contributed by atoms with Crippen LogP contribution in [0.3, 0.4) is 0 Å². The molecule has 4 nitrogen and oxygen atoms in total. The van der Waals surface area contributed by atoms with E-state index in [4.69, 9.17) is 5.73 Å². The van der Waals surface area contributed by atoms with Gasteiger partial charge in [-0.25, -0.2) is 0 Å². The van der Waals surface area contributed by atoms with Crippen LogP contribution in [0.4, 0.5) is 0 Å². The molecule has 0 fully saturated rings. The number of benzene rings is 1. The van der Waals surface area contributed by atoms with Crippen molar-refractivity contribution in [2.75, 3.05) is 0 Å². The van der Waals surface area contributed by atoms with Gasteiger partial charge in [-0.2, -0.15) is 0 Å². The van der Waals surface area contributed by atoms with Crippen LogP contribution in [0.25, 0.3) is 17.0 Å². The van der Waals surface area contributed by atoms with Crippen LogP contribution in [0.2, 0.25) is 0 Å². The van der Waals surface area contributed by atoms with Crippen molar-refractivity contribution in [1.29, 1.82) is 0 Å². The molecule has 1 aliphatic rings. The van der Waals surface area contributed by atoms with Crippen molar-refractivity contribution < 1.29 is 4.79 Å². The van der Waals surface area contributed by atoms with Gasteiger partial charge in [0.1, 0.15) is 5.92 Å². The number of amides is 1. The van der Waals surface area contributed by atoms with Gasteiger partial charge in [0, 0.05) is 18.0 Å². The number of carbonyl (C=O) groups excluding carboxylic acids is 1. The highest BCUT2D eigenvalue weighted by Gasteiger charge is 2.22. The van der Waals surface area contributed by atoms with Gasteiger partial charge in [-0.3, -0.25) is 14.8 Å². The zero-order valence-corrected chi connectivity index (χ0v) is 12.4. The lowest BCUT2D eigenvalue weighted by molar-refractivity contribution is -0.118. The number of primary amides is 1. The predicted molar refractivity (Wildman–Crippen MR) is 89.8 cm³/mol. The van der Waals surface area contributed by atoms with E-state index in [-0.39, 0.29) is 0 Å². The fraction of sp³-hybridized carbons (Fsp3) is 0.105. The number of fused-ring (bicyclic) bond motifs is 2. The maximum Gasteiger partial charge on any atom is 0.231 e. The van der Waals surface area contributed by atoms with Crippen molar-refractivity contribution in [1.82, 2.24) is 9.97 Å². The summed E-state index contributed by atoms with van der Waals surface area (Å²) < 4.78 is 0. The van der Waals surface area contributed by atoms with Gasteiger partial charge >= 0.3 is 0 Å². The summed E-state index contributed by atoms with van der Waals surface area (Å²) in [4.78, 5) is 20.9. The van der Waals surface area contributed by atoms with E-state index in [9.17, 15) is 4.79 Å². The van der Waals surface area contributed by atoms with E-state index in [0.717, 1.165) is 34.1 Å². The zero-order valence-electron chi connectivity index (χ0n) is 12.4. The van der Waals surface area contributed by atoms with Crippen LogP contribution < -0.4 is 5.73 Å². The second-order valence-electron chi connectivity index (χ2n) is 5.67. The molecule has 3 aromatic rings. The molecule has 1 unspecified atom stereocenters. The smallest absolute Gasteiger partial charge is 0.231 e. The second-order valence-corrected chi connectivity index (χ2v) is 5.67. The summed E-state index contributed by atoms with van der Waals surface area (Å²) in [6, 6.07) is 13.5. The normalized spacial score (nSPS) is 13.9. The molecule has 1 aromatic carbocycles. The highest BCUT2D eigenvalue weighted by molar-refractivity contribution is 5.88. The first kappa shape index (κ1) is 13.6. The first-order valence-electron chi connectivity index (χ1n) is 7.53. The Morgan fingerprint density at radius 3 is 2.87 bits per heavy atom. The van der Waals surface area contributed by atoms with Gasteiger partial charge in [0.05, 0.1) is 16.9 Å². The van der Waals surface area contributed by atoms with E-state index in [1.165, 1.54) is 0 Å². The number of aromatic nitrogens is 2. The van der Waals surface area contributed by atoms with Gasteiger partial charge in [-0.05, 0) is 41.5 Å². The van der Waals surface area contributed by atoms with Crippen LogP contribution in [-0.4, -0.2) is 15.9 Å². The molecule has 23 heavy (non-hydrogen) atoms. The molecule has 0 radical (unpaired) electrons. The molecular formula is C19H15N3O. The number of hydrogen-bond donors (Lipinski definition) is 1. The van der Waals surface area contributed by atoms with Gasteiger partial charge in [-0.15, -0.1) is 0 Å². The molecule has 1 atom stereocenters. The predicted octanol–water partition coefficient (Wildman–Crippen LogP) is 2.82. The number of rotatable bonds is 3. The SMILES string of the molecule is NC(=O)C(c1ccc2nc3c(cc2c1)C=CC3)c1ccccn1. The van der Waals surface area contributed by atoms with E-state index in [1.807, 2.05) is 36.4 Å². The van der Waals surface area contributed by atoms with Gasteiger partial charge in [0.15, 0.2) is 0 Å². The molecule has 1 aliphatic carbocycles. The minimum absolute atomic E-state index is 0.405. The number of nitrogens with two attached hydrogens (primary N) is 1. The van der Waals surface area contributed by atoms with Crippen LogP contribution in [0.1, 0.15) is 28.4 Å². The minimum Gasteiger partial charge on any atom is -0.369 e. The Hall–Kier alpha value is -3.01. The minimum atomic E-state index is -0.551. The average molecular weight is 301 g/mol. The first-order chi connectivity index (χ1) is 11.2. The lowest BCUT2D eigenvalue weighted by atomic mass is 9.93. The highest BCUT2D eigenvalue weighted by atomic mass is 16.1. The third-order valence-electron chi connectivity index (χ3n) is 4.16. The van der Waals surface area contributed by atoms with Crippen molar-refractivity contribution in [3.8, 4) is 0 Å². The summed E-state index contributed by atoms with van der Waals surface area (Å²) >= 11 is 0.